The average Bonchev–Trinajstić information content (AvgIpc) is 2.68. The lowest BCUT2D eigenvalue weighted by Crippen LogP contribution is -2.31. The second kappa shape index (κ2) is 10.7. The van der Waals surface area contributed by atoms with E-state index in [1.807, 2.05) is 20.8 Å². The van der Waals surface area contributed by atoms with Crippen LogP contribution in [-0.4, -0.2) is 39.8 Å². The standard InChI is InChI=1S/C21H28N2O4S2/c1-15(2)23-21(24)19-13-18(9-10-20(19)27-4)29(25,26)22-11-12-28-14-17-7-5-16(3)6-8-17/h5-10,13,15,22H,11-12,14H2,1-4H3,(H,23,24). The molecule has 0 saturated heterocycles. The van der Waals surface area contributed by atoms with Crippen LogP contribution in [0.1, 0.15) is 35.3 Å². The van der Waals surface area contributed by atoms with Gasteiger partial charge in [-0.3, -0.25) is 4.79 Å². The Balaban J connectivity index is 1.97. The number of benzene rings is 2. The first-order valence-electron chi connectivity index (χ1n) is 9.35. The van der Waals surface area contributed by atoms with Crippen molar-refractivity contribution in [3.05, 3.63) is 59.2 Å². The van der Waals surface area contributed by atoms with Gasteiger partial charge >= 0.3 is 0 Å². The second-order valence-electron chi connectivity index (χ2n) is 6.93. The van der Waals surface area contributed by atoms with Crippen molar-refractivity contribution >= 4 is 27.7 Å². The molecule has 2 N–H and O–H groups in total. The van der Waals surface area contributed by atoms with Gasteiger partial charge in [0.25, 0.3) is 5.91 Å². The fourth-order valence-electron chi connectivity index (χ4n) is 2.58. The smallest absolute Gasteiger partial charge is 0.255 e. The molecule has 0 saturated carbocycles. The van der Waals surface area contributed by atoms with Gasteiger partial charge in [-0.25, -0.2) is 13.1 Å². The molecule has 0 atom stereocenters. The van der Waals surface area contributed by atoms with E-state index in [9.17, 15) is 13.2 Å². The van der Waals surface area contributed by atoms with Crippen molar-refractivity contribution in [2.45, 2.75) is 37.5 Å². The Hall–Kier alpha value is -2.03. The zero-order valence-electron chi connectivity index (χ0n) is 17.2. The number of ether oxygens (including phenoxy) is 1. The number of sulfonamides is 1. The van der Waals surface area contributed by atoms with Crippen molar-refractivity contribution in [3.63, 3.8) is 0 Å². The number of hydrogen-bond acceptors (Lipinski definition) is 5. The van der Waals surface area contributed by atoms with E-state index in [4.69, 9.17) is 4.74 Å². The predicted octanol–water partition coefficient (Wildman–Crippen LogP) is 3.35. The van der Waals surface area contributed by atoms with Gasteiger partial charge in [-0.1, -0.05) is 29.8 Å². The van der Waals surface area contributed by atoms with Gasteiger partial charge < -0.3 is 10.1 Å². The largest absolute Gasteiger partial charge is 0.496 e. The highest BCUT2D eigenvalue weighted by molar-refractivity contribution is 7.98. The number of carbonyl (C=O) groups excluding carboxylic acids is 1. The van der Waals surface area contributed by atoms with Crippen molar-refractivity contribution in [2.75, 3.05) is 19.4 Å². The monoisotopic (exact) mass is 436 g/mol. The summed E-state index contributed by atoms with van der Waals surface area (Å²) in [5, 5.41) is 2.75. The first-order chi connectivity index (χ1) is 13.7. The molecule has 0 aliphatic carbocycles. The molecule has 0 heterocycles. The topological polar surface area (TPSA) is 84.5 Å². The Kier molecular flexibility index (Phi) is 8.55. The Morgan fingerprint density at radius 2 is 1.83 bits per heavy atom. The number of thioether (sulfide) groups is 1. The summed E-state index contributed by atoms with van der Waals surface area (Å²) in [4.78, 5) is 12.4. The fraction of sp³-hybridized carbons (Fsp3) is 0.381. The number of hydrogen-bond donors (Lipinski definition) is 2. The van der Waals surface area contributed by atoms with Gasteiger partial charge in [0.2, 0.25) is 10.0 Å². The maximum Gasteiger partial charge on any atom is 0.255 e. The molecule has 2 rings (SSSR count). The van der Waals surface area contributed by atoms with Crippen LogP contribution in [0.2, 0.25) is 0 Å². The zero-order valence-corrected chi connectivity index (χ0v) is 18.8. The number of carbonyl (C=O) groups is 1. The van der Waals surface area contributed by atoms with Crippen molar-refractivity contribution in [3.8, 4) is 5.75 Å². The molecule has 0 bridgehead atoms. The number of amides is 1. The maximum atomic E-state index is 12.6. The van der Waals surface area contributed by atoms with Crippen molar-refractivity contribution in [1.29, 1.82) is 0 Å². The van der Waals surface area contributed by atoms with Gasteiger partial charge in [-0.05, 0) is 44.5 Å². The lowest BCUT2D eigenvalue weighted by atomic mass is 10.2. The Morgan fingerprint density at radius 3 is 2.45 bits per heavy atom. The first-order valence-corrected chi connectivity index (χ1v) is 12.0. The summed E-state index contributed by atoms with van der Waals surface area (Å²) >= 11 is 1.66. The molecule has 8 heteroatoms. The minimum atomic E-state index is -3.72. The van der Waals surface area contributed by atoms with Crippen molar-refractivity contribution in [1.82, 2.24) is 10.0 Å². The Morgan fingerprint density at radius 1 is 1.14 bits per heavy atom. The molecular weight excluding hydrogens is 408 g/mol. The minimum absolute atomic E-state index is 0.0377. The van der Waals surface area contributed by atoms with Gasteiger partial charge in [0.05, 0.1) is 17.6 Å². The van der Waals surface area contributed by atoms with Crippen LogP contribution < -0.4 is 14.8 Å². The molecule has 158 valence electrons. The van der Waals surface area contributed by atoms with Crippen LogP contribution >= 0.6 is 11.8 Å². The summed E-state index contributed by atoms with van der Waals surface area (Å²) in [6, 6.07) is 12.5. The molecular formula is C21H28N2O4S2. The molecule has 2 aromatic rings. The third-order valence-corrected chi connectivity index (χ3v) is 6.56. The van der Waals surface area contributed by atoms with Gasteiger partial charge in [0, 0.05) is 24.1 Å². The molecule has 1 amide bonds. The van der Waals surface area contributed by atoms with Crippen molar-refractivity contribution in [2.24, 2.45) is 0 Å². The highest BCUT2D eigenvalue weighted by Gasteiger charge is 2.20. The van der Waals surface area contributed by atoms with Crippen LogP contribution in [0.3, 0.4) is 0 Å². The SMILES string of the molecule is COc1ccc(S(=O)(=O)NCCSCc2ccc(C)cc2)cc1C(=O)NC(C)C. The van der Waals surface area contributed by atoms with Gasteiger partial charge in [-0.2, -0.15) is 11.8 Å². The van der Waals surface area contributed by atoms with Gasteiger partial charge in [-0.15, -0.1) is 0 Å². The number of nitrogens with one attached hydrogen (secondary N) is 2. The molecule has 0 aliphatic heterocycles. The molecule has 0 fully saturated rings. The molecule has 6 nitrogen and oxygen atoms in total. The summed E-state index contributed by atoms with van der Waals surface area (Å²) < 4.78 is 33.0. The first kappa shape index (κ1) is 23.3. The molecule has 0 unspecified atom stereocenters. The molecule has 0 aliphatic rings. The van der Waals surface area contributed by atoms with Gasteiger partial charge in [0.1, 0.15) is 5.75 Å². The van der Waals surface area contributed by atoms with Crippen LogP contribution in [0.25, 0.3) is 0 Å². The highest BCUT2D eigenvalue weighted by atomic mass is 32.2. The predicted molar refractivity (Wildman–Crippen MR) is 118 cm³/mol. The lowest BCUT2D eigenvalue weighted by molar-refractivity contribution is 0.0940. The summed E-state index contributed by atoms with van der Waals surface area (Å²) in [5.74, 6) is 1.42. The van der Waals surface area contributed by atoms with Crippen LogP contribution in [0.4, 0.5) is 0 Å². The number of methoxy groups -OCH3 is 1. The maximum absolute atomic E-state index is 12.6. The molecule has 2 aromatic carbocycles. The van der Waals surface area contributed by atoms with E-state index in [0.29, 0.717) is 18.0 Å². The normalized spacial score (nSPS) is 11.5. The summed E-state index contributed by atoms with van der Waals surface area (Å²) in [5.41, 5.74) is 2.62. The molecule has 0 spiro atoms. The van der Waals surface area contributed by atoms with Gasteiger partial charge in [0.15, 0.2) is 0 Å². The van der Waals surface area contributed by atoms with E-state index in [2.05, 4.69) is 34.3 Å². The highest BCUT2D eigenvalue weighted by Crippen LogP contribution is 2.23. The minimum Gasteiger partial charge on any atom is -0.496 e. The van der Waals surface area contributed by atoms with E-state index in [0.717, 1.165) is 5.75 Å². The lowest BCUT2D eigenvalue weighted by Gasteiger charge is -2.13. The van der Waals surface area contributed by atoms with E-state index < -0.39 is 10.0 Å². The van der Waals surface area contributed by atoms with E-state index in [1.54, 1.807) is 11.8 Å². The summed E-state index contributed by atoms with van der Waals surface area (Å²) in [7, 11) is -2.28. The van der Waals surface area contributed by atoms with Crippen LogP contribution in [0.15, 0.2) is 47.4 Å². The Bertz CT molecular complexity index is 926. The quantitative estimate of drug-likeness (QED) is 0.558. The third-order valence-electron chi connectivity index (χ3n) is 4.07. The van der Waals surface area contributed by atoms with Crippen LogP contribution in [0, 0.1) is 6.92 Å². The van der Waals surface area contributed by atoms with Crippen molar-refractivity contribution < 1.29 is 17.9 Å². The number of aryl methyl sites for hydroxylation is 1. The summed E-state index contributed by atoms with van der Waals surface area (Å²) in [6.07, 6.45) is 0. The molecule has 0 radical (unpaired) electrons. The van der Waals surface area contributed by atoms with Crippen LogP contribution in [-0.2, 0) is 15.8 Å². The van der Waals surface area contributed by atoms with E-state index in [-0.39, 0.29) is 22.4 Å². The zero-order chi connectivity index (χ0) is 21.4. The average molecular weight is 437 g/mol. The number of rotatable bonds is 10. The van der Waals surface area contributed by atoms with Crippen LogP contribution in [0.5, 0.6) is 5.75 Å². The van der Waals surface area contributed by atoms with E-state index >= 15 is 0 Å². The fourth-order valence-corrected chi connectivity index (χ4v) is 4.58. The van der Waals surface area contributed by atoms with E-state index in [1.165, 1.54) is 36.4 Å². The molecule has 29 heavy (non-hydrogen) atoms. The second-order valence-corrected chi connectivity index (χ2v) is 9.80. The summed E-state index contributed by atoms with van der Waals surface area (Å²) in [6.45, 7) is 6.02. The Labute approximate surface area is 177 Å². The third kappa shape index (κ3) is 7.06. The molecule has 0 aromatic heterocycles.